The van der Waals surface area contributed by atoms with Crippen LogP contribution in [-0.4, -0.2) is 5.78 Å². The summed E-state index contributed by atoms with van der Waals surface area (Å²) in [6, 6.07) is 20.8. The van der Waals surface area contributed by atoms with E-state index < -0.39 is 0 Å². The first-order chi connectivity index (χ1) is 13.9. The average Bonchev–Trinajstić information content (AvgIpc) is 2.71. The molecule has 0 fully saturated rings. The Labute approximate surface area is 168 Å². The van der Waals surface area contributed by atoms with Crippen molar-refractivity contribution in [3.05, 3.63) is 99.4 Å². The fraction of sp³-hybridized carbons (Fsp3) is 0.120. The summed E-state index contributed by atoms with van der Waals surface area (Å²) in [7, 11) is 0. The van der Waals surface area contributed by atoms with Gasteiger partial charge in [0, 0.05) is 28.6 Å². The molecule has 0 bridgehead atoms. The van der Waals surface area contributed by atoms with Crippen LogP contribution in [0.25, 0.3) is 22.1 Å². The molecule has 0 saturated carbocycles. The quantitative estimate of drug-likeness (QED) is 0.301. The van der Waals surface area contributed by atoms with E-state index in [0.29, 0.717) is 28.8 Å². The number of fused-ring (bicyclic) bond motifs is 1. The number of nitrogen functional groups attached to an aromatic ring is 1. The number of benzene rings is 3. The van der Waals surface area contributed by atoms with Crippen LogP contribution in [0.3, 0.4) is 0 Å². The molecule has 29 heavy (non-hydrogen) atoms. The molecule has 4 rings (SSSR count). The number of hydrogen-bond acceptors (Lipinski definition) is 4. The topological polar surface area (TPSA) is 73.3 Å². The first-order valence-electron chi connectivity index (χ1n) is 9.44. The van der Waals surface area contributed by atoms with E-state index >= 15 is 0 Å². The normalized spacial score (nSPS) is 11.0. The Balaban J connectivity index is 1.78. The van der Waals surface area contributed by atoms with Crippen LogP contribution >= 0.6 is 0 Å². The minimum Gasteiger partial charge on any atom is -0.422 e. The van der Waals surface area contributed by atoms with Crippen molar-refractivity contribution in [3.63, 3.8) is 0 Å². The van der Waals surface area contributed by atoms with E-state index in [0.717, 1.165) is 27.6 Å². The van der Waals surface area contributed by atoms with Gasteiger partial charge < -0.3 is 10.2 Å². The highest BCUT2D eigenvalue weighted by molar-refractivity contribution is 5.95. The molecule has 2 N–H and O–H groups in total. The molecule has 0 atom stereocenters. The minimum atomic E-state index is -0.341. The van der Waals surface area contributed by atoms with E-state index in [2.05, 4.69) is 0 Å². The van der Waals surface area contributed by atoms with Gasteiger partial charge in [0.25, 0.3) is 0 Å². The fourth-order valence-electron chi connectivity index (χ4n) is 3.60. The van der Waals surface area contributed by atoms with Gasteiger partial charge in [-0.1, -0.05) is 42.5 Å². The van der Waals surface area contributed by atoms with Crippen molar-refractivity contribution < 1.29 is 9.21 Å². The van der Waals surface area contributed by atoms with Gasteiger partial charge in [-0.25, -0.2) is 4.79 Å². The lowest BCUT2D eigenvalue weighted by Crippen LogP contribution is -2.11. The van der Waals surface area contributed by atoms with Gasteiger partial charge in [-0.05, 0) is 60.4 Å². The largest absolute Gasteiger partial charge is 0.422 e. The maximum absolute atomic E-state index is 12.7. The second-order valence-electron chi connectivity index (χ2n) is 7.26. The summed E-state index contributed by atoms with van der Waals surface area (Å²) in [6.45, 7) is 3.49. The SMILES string of the molecule is CC(=O)c1cccc(-c2ccc3c(C)c(Cc4cccc(N)c4)c(=O)oc3c2)c1. The van der Waals surface area contributed by atoms with Crippen LogP contribution in [0, 0.1) is 6.92 Å². The van der Waals surface area contributed by atoms with Gasteiger partial charge in [-0.15, -0.1) is 0 Å². The second kappa shape index (κ2) is 7.40. The van der Waals surface area contributed by atoms with Crippen molar-refractivity contribution in [2.75, 3.05) is 5.73 Å². The molecule has 144 valence electrons. The highest BCUT2D eigenvalue weighted by Gasteiger charge is 2.13. The predicted octanol–water partition coefficient (Wildman–Crippen LogP) is 5.14. The molecule has 1 heterocycles. The maximum Gasteiger partial charge on any atom is 0.340 e. The lowest BCUT2D eigenvalue weighted by atomic mass is 9.97. The van der Waals surface area contributed by atoms with Gasteiger partial charge in [0.1, 0.15) is 5.58 Å². The Morgan fingerprint density at radius 1 is 0.966 bits per heavy atom. The number of anilines is 1. The van der Waals surface area contributed by atoms with Crippen LogP contribution in [0.15, 0.2) is 75.9 Å². The number of hydrogen-bond donors (Lipinski definition) is 1. The summed E-state index contributed by atoms with van der Waals surface area (Å²) in [5.74, 6) is 0.0150. The molecular weight excluding hydrogens is 362 g/mol. The van der Waals surface area contributed by atoms with E-state index in [1.165, 1.54) is 0 Å². The third kappa shape index (κ3) is 3.69. The smallest absolute Gasteiger partial charge is 0.340 e. The molecule has 0 aliphatic heterocycles. The highest BCUT2D eigenvalue weighted by Crippen LogP contribution is 2.28. The fourth-order valence-corrected chi connectivity index (χ4v) is 3.60. The first-order valence-corrected chi connectivity index (χ1v) is 9.44. The summed E-state index contributed by atoms with van der Waals surface area (Å²) in [4.78, 5) is 24.4. The summed E-state index contributed by atoms with van der Waals surface area (Å²) >= 11 is 0. The standard InChI is InChI=1S/C25H21NO3/c1-15-22-10-9-20(19-7-4-6-18(13-19)16(2)27)14-24(22)29-25(28)23(15)12-17-5-3-8-21(26)11-17/h3-11,13-14H,12,26H2,1-2H3. The first kappa shape index (κ1) is 18.7. The van der Waals surface area contributed by atoms with Gasteiger partial charge in [0.2, 0.25) is 0 Å². The van der Waals surface area contributed by atoms with E-state index in [1.807, 2.05) is 67.6 Å². The molecule has 0 saturated heterocycles. The van der Waals surface area contributed by atoms with Crippen molar-refractivity contribution in [1.82, 2.24) is 0 Å². The molecule has 0 aliphatic rings. The Morgan fingerprint density at radius 3 is 2.48 bits per heavy atom. The molecule has 1 aromatic heterocycles. The predicted molar refractivity (Wildman–Crippen MR) is 116 cm³/mol. The molecule has 0 unspecified atom stereocenters. The maximum atomic E-state index is 12.7. The zero-order valence-corrected chi connectivity index (χ0v) is 16.4. The third-order valence-electron chi connectivity index (χ3n) is 5.22. The van der Waals surface area contributed by atoms with Gasteiger partial charge >= 0.3 is 5.63 Å². The Kier molecular flexibility index (Phi) is 4.77. The van der Waals surface area contributed by atoms with Gasteiger partial charge in [0.05, 0.1) is 0 Å². The van der Waals surface area contributed by atoms with E-state index in [4.69, 9.17) is 10.2 Å². The van der Waals surface area contributed by atoms with Crippen molar-refractivity contribution in [1.29, 1.82) is 0 Å². The number of carbonyl (C=O) groups excluding carboxylic acids is 1. The molecule has 4 nitrogen and oxygen atoms in total. The lowest BCUT2D eigenvalue weighted by molar-refractivity contribution is 0.101. The molecule has 4 heteroatoms. The second-order valence-corrected chi connectivity index (χ2v) is 7.26. The number of carbonyl (C=O) groups is 1. The molecular formula is C25H21NO3. The van der Waals surface area contributed by atoms with Crippen LogP contribution in [0.5, 0.6) is 0 Å². The number of nitrogens with two attached hydrogens (primary N) is 1. The van der Waals surface area contributed by atoms with Crippen LogP contribution in [-0.2, 0) is 6.42 Å². The molecule has 4 aromatic rings. The van der Waals surface area contributed by atoms with Crippen LogP contribution < -0.4 is 11.4 Å². The van der Waals surface area contributed by atoms with Crippen LogP contribution in [0.4, 0.5) is 5.69 Å². The molecule has 0 spiro atoms. The zero-order valence-electron chi connectivity index (χ0n) is 16.4. The summed E-state index contributed by atoms with van der Waals surface area (Å²) in [6.07, 6.45) is 0.470. The van der Waals surface area contributed by atoms with Crippen LogP contribution in [0.2, 0.25) is 0 Å². The van der Waals surface area contributed by atoms with E-state index in [1.54, 1.807) is 13.0 Å². The van der Waals surface area contributed by atoms with Crippen molar-refractivity contribution in [2.24, 2.45) is 0 Å². The summed E-state index contributed by atoms with van der Waals surface area (Å²) in [5.41, 5.74) is 11.7. The average molecular weight is 383 g/mol. The molecule has 0 amide bonds. The number of Topliss-reactive ketones (excluding diaryl/α,β-unsaturated/α-hetero) is 1. The molecule has 0 radical (unpaired) electrons. The van der Waals surface area contributed by atoms with E-state index in [9.17, 15) is 9.59 Å². The lowest BCUT2D eigenvalue weighted by Gasteiger charge is -2.10. The van der Waals surface area contributed by atoms with Crippen molar-refractivity contribution in [2.45, 2.75) is 20.3 Å². The number of ketones is 1. The monoisotopic (exact) mass is 383 g/mol. The van der Waals surface area contributed by atoms with E-state index in [-0.39, 0.29) is 11.4 Å². The third-order valence-corrected chi connectivity index (χ3v) is 5.22. The number of rotatable bonds is 4. The Bertz CT molecular complexity index is 1300. The molecule has 3 aromatic carbocycles. The molecule has 0 aliphatic carbocycles. The van der Waals surface area contributed by atoms with Gasteiger partial charge in [-0.3, -0.25) is 4.79 Å². The minimum absolute atomic E-state index is 0.0150. The number of aryl methyl sites for hydroxylation is 1. The van der Waals surface area contributed by atoms with Gasteiger partial charge in [-0.2, -0.15) is 0 Å². The van der Waals surface area contributed by atoms with Gasteiger partial charge in [0.15, 0.2) is 5.78 Å². The Hall–Kier alpha value is -3.66. The van der Waals surface area contributed by atoms with Crippen molar-refractivity contribution in [3.8, 4) is 11.1 Å². The zero-order chi connectivity index (χ0) is 20.5. The summed E-state index contributed by atoms with van der Waals surface area (Å²) < 4.78 is 5.66. The summed E-state index contributed by atoms with van der Waals surface area (Å²) in [5, 5.41) is 0.898. The Morgan fingerprint density at radius 2 is 1.72 bits per heavy atom. The highest BCUT2D eigenvalue weighted by atomic mass is 16.4. The van der Waals surface area contributed by atoms with Crippen LogP contribution in [0.1, 0.15) is 34.0 Å². The van der Waals surface area contributed by atoms with Crippen molar-refractivity contribution >= 4 is 22.4 Å².